The van der Waals surface area contributed by atoms with Crippen molar-refractivity contribution >= 4 is 26.7 Å². The van der Waals surface area contributed by atoms with Crippen LogP contribution in [-0.4, -0.2) is 14.3 Å². The van der Waals surface area contributed by atoms with E-state index in [1.165, 1.54) is 6.07 Å². The van der Waals surface area contributed by atoms with Gasteiger partial charge in [0.2, 0.25) is 0 Å². The summed E-state index contributed by atoms with van der Waals surface area (Å²) in [6.07, 6.45) is 0. The molecule has 0 atom stereocenters. The minimum absolute atomic E-state index is 0.0659. The Balaban J connectivity index is 2.54. The monoisotopic (exact) mass is 233 g/mol. The standard InChI is InChI=1S/C11H7NO3S/c13-11-10-8-4-2-1-3-7(8)5-6-9(10)16(14,15)12-11/h1-6H,(H,12,13). The Morgan fingerprint density at radius 2 is 1.75 bits per heavy atom. The van der Waals surface area contributed by atoms with Gasteiger partial charge in [0, 0.05) is 0 Å². The van der Waals surface area contributed by atoms with Crippen LogP contribution in [-0.2, 0) is 10.0 Å². The van der Waals surface area contributed by atoms with Crippen LogP contribution in [0, 0.1) is 0 Å². The van der Waals surface area contributed by atoms with E-state index in [2.05, 4.69) is 0 Å². The molecule has 0 fully saturated rings. The van der Waals surface area contributed by atoms with Crippen molar-refractivity contribution in [2.24, 2.45) is 0 Å². The van der Waals surface area contributed by atoms with Gasteiger partial charge in [0.25, 0.3) is 15.9 Å². The summed E-state index contributed by atoms with van der Waals surface area (Å²) in [4.78, 5) is 11.7. The summed E-state index contributed by atoms with van der Waals surface area (Å²) in [7, 11) is -3.65. The number of carbonyl (C=O) groups excluding carboxylic acids is 1. The van der Waals surface area contributed by atoms with Crippen molar-refractivity contribution in [2.45, 2.75) is 4.90 Å². The Morgan fingerprint density at radius 1 is 1.00 bits per heavy atom. The highest BCUT2D eigenvalue weighted by molar-refractivity contribution is 7.90. The maximum Gasteiger partial charge on any atom is 0.267 e. The number of hydrogen-bond donors (Lipinski definition) is 1. The van der Waals surface area contributed by atoms with Crippen LogP contribution in [0.2, 0.25) is 0 Å². The zero-order valence-corrected chi connectivity index (χ0v) is 8.91. The van der Waals surface area contributed by atoms with Crippen LogP contribution in [0.4, 0.5) is 0 Å². The molecular weight excluding hydrogens is 226 g/mol. The fourth-order valence-electron chi connectivity index (χ4n) is 1.94. The van der Waals surface area contributed by atoms with E-state index in [4.69, 9.17) is 0 Å². The summed E-state index contributed by atoms with van der Waals surface area (Å²) >= 11 is 0. The lowest BCUT2D eigenvalue weighted by Crippen LogP contribution is -2.20. The summed E-state index contributed by atoms with van der Waals surface area (Å²) < 4.78 is 25.1. The molecule has 0 saturated carbocycles. The van der Waals surface area contributed by atoms with Gasteiger partial charge < -0.3 is 0 Å². The lowest BCUT2D eigenvalue weighted by Gasteiger charge is -2.00. The topological polar surface area (TPSA) is 63.2 Å². The van der Waals surface area contributed by atoms with Crippen molar-refractivity contribution in [1.82, 2.24) is 4.72 Å². The van der Waals surface area contributed by atoms with Gasteiger partial charge >= 0.3 is 0 Å². The van der Waals surface area contributed by atoms with Crippen LogP contribution in [0.3, 0.4) is 0 Å². The zero-order chi connectivity index (χ0) is 11.3. The first-order valence-corrected chi connectivity index (χ1v) is 6.17. The van der Waals surface area contributed by atoms with Gasteiger partial charge in [-0.25, -0.2) is 13.1 Å². The molecule has 80 valence electrons. The van der Waals surface area contributed by atoms with Crippen LogP contribution in [0.5, 0.6) is 0 Å². The Kier molecular flexibility index (Phi) is 1.65. The lowest BCUT2D eigenvalue weighted by atomic mass is 10.0. The molecule has 3 rings (SSSR count). The normalized spacial score (nSPS) is 17.1. The van der Waals surface area contributed by atoms with Gasteiger partial charge in [-0.15, -0.1) is 0 Å². The molecule has 0 saturated heterocycles. The molecular formula is C11H7NO3S. The molecule has 2 aromatic carbocycles. The van der Waals surface area contributed by atoms with E-state index in [-0.39, 0.29) is 10.5 Å². The van der Waals surface area contributed by atoms with Crippen LogP contribution in [0.25, 0.3) is 10.8 Å². The number of rotatable bonds is 0. The van der Waals surface area contributed by atoms with E-state index in [1.807, 2.05) is 16.9 Å². The van der Waals surface area contributed by atoms with E-state index < -0.39 is 15.9 Å². The van der Waals surface area contributed by atoms with Gasteiger partial charge in [-0.2, -0.15) is 0 Å². The van der Waals surface area contributed by atoms with Gasteiger partial charge in [-0.1, -0.05) is 30.3 Å². The van der Waals surface area contributed by atoms with Gasteiger partial charge in [0.1, 0.15) is 4.90 Å². The van der Waals surface area contributed by atoms with Crippen LogP contribution in [0.15, 0.2) is 41.3 Å². The minimum atomic E-state index is -3.65. The second kappa shape index (κ2) is 2.82. The predicted molar refractivity (Wildman–Crippen MR) is 58.6 cm³/mol. The fourth-order valence-corrected chi connectivity index (χ4v) is 3.11. The molecule has 5 heteroatoms. The van der Waals surface area contributed by atoms with E-state index >= 15 is 0 Å². The van der Waals surface area contributed by atoms with Crippen LogP contribution >= 0.6 is 0 Å². The quantitative estimate of drug-likeness (QED) is 0.745. The molecule has 2 aromatic rings. The van der Waals surface area contributed by atoms with E-state index in [0.29, 0.717) is 5.39 Å². The SMILES string of the molecule is O=C1NS(=O)(=O)c2ccc3ccccc3c21. The average Bonchev–Trinajstić information content (AvgIpc) is 2.49. The molecule has 0 unspecified atom stereocenters. The maximum atomic E-state index is 11.6. The molecule has 0 aliphatic carbocycles. The summed E-state index contributed by atoms with van der Waals surface area (Å²) in [6, 6.07) is 10.4. The maximum absolute atomic E-state index is 11.6. The number of fused-ring (bicyclic) bond motifs is 3. The molecule has 0 aromatic heterocycles. The number of benzene rings is 2. The molecule has 1 N–H and O–H groups in total. The zero-order valence-electron chi connectivity index (χ0n) is 8.10. The third-order valence-electron chi connectivity index (χ3n) is 2.63. The van der Waals surface area contributed by atoms with Crippen molar-refractivity contribution in [3.8, 4) is 0 Å². The largest absolute Gasteiger partial charge is 0.268 e. The van der Waals surface area contributed by atoms with Crippen molar-refractivity contribution in [3.05, 3.63) is 42.0 Å². The molecule has 0 spiro atoms. The first-order valence-electron chi connectivity index (χ1n) is 4.68. The van der Waals surface area contributed by atoms with E-state index in [9.17, 15) is 13.2 Å². The molecule has 1 aliphatic heterocycles. The smallest absolute Gasteiger partial charge is 0.267 e. The third-order valence-corrected chi connectivity index (χ3v) is 4.01. The first-order chi connectivity index (χ1) is 7.59. The number of sulfonamides is 1. The highest BCUT2D eigenvalue weighted by atomic mass is 32.2. The van der Waals surface area contributed by atoms with Crippen LogP contribution < -0.4 is 4.72 Å². The second-order valence-electron chi connectivity index (χ2n) is 3.59. The Hall–Kier alpha value is -1.88. The highest BCUT2D eigenvalue weighted by Crippen LogP contribution is 2.29. The van der Waals surface area contributed by atoms with Gasteiger partial charge in [-0.05, 0) is 16.8 Å². The Morgan fingerprint density at radius 3 is 2.56 bits per heavy atom. The average molecular weight is 233 g/mol. The van der Waals surface area contributed by atoms with Crippen LogP contribution in [0.1, 0.15) is 10.4 Å². The molecule has 1 heterocycles. The summed E-state index contributed by atoms with van der Waals surface area (Å²) in [5.41, 5.74) is 0.248. The van der Waals surface area contributed by atoms with Crippen molar-refractivity contribution < 1.29 is 13.2 Å². The van der Waals surface area contributed by atoms with Gasteiger partial charge in [0.05, 0.1) is 5.56 Å². The van der Waals surface area contributed by atoms with Crippen molar-refractivity contribution in [1.29, 1.82) is 0 Å². The number of carbonyl (C=O) groups is 1. The fraction of sp³-hybridized carbons (Fsp3) is 0. The minimum Gasteiger partial charge on any atom is -0.268 e. The number of hydrogen-bond acceptors (Lipinski definition) is 3. The number of amides is 1. The van der Waals surface area contributed by atoms with Gasteiger partial charge in [0.15, 0.2) is 0 Å². The molecule has 0 bridgehead atoms. The molecule has 1 aliphatic rings. The molecule has 16 heavy (non-hydrogen) atoms. The van der Waals surface area contributed by atoms with Crippen molar-refractivity contribution in [3.63, 3.8) is 0 Å². The second-order valence-corrected chi connectivity index (χ2v) is 5.25. The highest BCUT2D eigenvalue weighted by Gasteiger charge is 2.33. The molecule has 4 nitrogen and oxygen atoms in total. The summed E-state index contributed by atoms with van der Waals surface area (Å²) in [5.74, 6) is -0.549. The first kappa shape index (κ1) is 9.35. The predicted octanol–water partition coefficient (Wildman–Crippen LogP) is 1.27. The van der Waals surface area contributed by atoms with Crippen molar-refractivity contribution in [2.75, 3.05) is 0 Å². The molecule has 1 amide bonds. The van der Waals surface area contributed by atoms with Gasteiger partial charge in [-0.3, -0.25) is 4.79 Å². The van der Waals surface area contributed by atoms with E-state index in [0.717, 1.165) is 5.39 Å². The Bertz CT molecular complexity index is 719. The molecule has 0 radical (unpaired) electrons. The lowest BCUT2D eigenvalue weighted by molar-refractivity contribution is 0.0986. The number of nitrogens with one attached hydrogen (secondary N) is 1. The van der Waals surface area contributed by atoms with E-state index in [1.54, 1.807) is 18.2 Å². The summed E-state index contributed by atoms with van der Waals surface area (Å²) in [5, 5.41) is 1.52. The third kappa shape index (κ3) is 1.09. The Labute approximate surface area is 91.9 Å². The summed E-state index contributed by atoms with van der Waals surface area (Å²) in [6.45, 7) is 0.